The fraction of sp³-hybridized carbons (Fsp3) is 0.308. The highest BCUT2D eigenvalue weighted by Gasteiger charge is 2.16. The minimum absolute atomic E-state index is 0.00369. The minimum Gasteiger partial charge on any atom is -0.408 e. The van der Waals surface area contributed by atoms with E-state index < -0.39 is 10.7 Å². The van der Waals surface area contributed by atoms with Gasteiger partial charge in [0, 0.05) is 18.6 Å². The Balaban J connectivity index is 2.01. The van der Waals surface area contributed by atoms with Crippen LogP contribution in [0.1, 0.15) is 25.1 Å². The number of nitrogens with zero attached hydrogens (tertiary/aromatic N) is 4. The maximum atomic E-state index is 11.9. The Kier molecular flexibility index (Phi) is 3.45. The molecular weight excluding hydrogens is 292 g/mol. The summed E-state index contributed by atoms with van der Waals surface area (Å²) in [5.41, 5.74) is 0.456. The summed E-state index contributed by atoms with van der Waals surface area (Å²) in [5, 5.41) is 14.6. The Morgan fingerprint density at radius 2 is 2.23 bits per heavy atom. The largest absolute Gasteiger partial charge is 0.420 e. The summed E-state index contributed by atoms with van der Waals surface area (Å²) in [7, 11) is 0. The van der Waals surface area contributed by atoms with Crippen molar-refractivity contribution in [1.29, 1.82) is 0 Å². The summed E-state index contributed by atoms with van der Waals surface area (Å²) in [6.07, 6.45) is 1.55. The maximum absolute atomic E-state index is 11.9. The molecule has 0 spiro atoms. The van der Waals surface area contributed by atoms with Crippen molar-refractivity contribution in [3.8, 4) is 0 Å². The van der Waals surface area contributed by atoms with E-state index in [4.69, 9.17) is 8.94 Å². The number of nitro benzene ring substituents is 1. The Morgan fingerprint density at radius 3 is 2.95 bits per heavy atom. The van der Waals surface area contributed by atoms with Gasteiger partial charge in [0.2, 0.25) is 5.89 Å². The highest BCUT2D eigenvalue weighted by atomic mass is 16.6. The van der Waals surface area contributed by atoms with Gasteiger partial charge in [0.1, 0.15) is 6.54 Å². The van der Waals surface area contributed by atoms with Crippen LogP contribution in [-0.4, -0.2) is 19.6 Å². The molecule has 0 amide bonds. The van der Waals surface area contributed by atoms with Gasteiger partial charge >= 0.3 is 5.76 Å². The average molecular weight is 304 g/mol. The summed E-state index contributed by atoms with van der Waals surface area (Å²) in [4.78, 5) is 26.4. The lowest BCUT2D eigenvalue weighted by molar-refractivity contribution is -0.384. The van der Waals surface area contributed by atoms with Crippen LogP contribution in [0.15, 0.2) is 31.9 Å². The van der Waals surface area contributed by atoms with E-state index in [1.54, 1.807) is 0 Å². The minimum atomic E-state index is -0.634. The van der Waals surface area contributed by atoms with Gasteiger partial charge in [-0.05, 0) is 12.5 Å². The Morgan fingerprint density at radius 1 is 1.41 bits per heavy atom. The molecule has 2 heterocycles. The fourth-order valence-electron chi connectivity index (χ4n) is 2.13. The van der Waals surface area contributed by atoms with Gasteiger partial charge in [-0.25, -0.2) is 4.79 Å². The van der Waals surface area contributed by atoms with Gasteiger partial charge in [-0.1, -0.05) is 12.1 Å². The number of hydrogen-bond donors (Lipinski definition) is 0. The molecule has 0 aliphatic rings. The number of hydrogen-bond acceptors (Lipinski definition) is 7. The SMILES string of the molecule is CCCc1noc(Cn2c(=O)oc3ccc([N+](=O)[O-])cc32)n1. The highest BCUT2D eigenvalue weighted by Crippen LogP contribution is 2.20. The normalized spacial score (nSPS) is 11.1. The highest BCUT2D eigenvalue weighted by molar-refractivity contribution is 5.75. The van der Waals surface area contributed by atoms with Crippen LogP contribution in [0.3, 0.4) is 0 Å². The molecule has 0 unspecified atom stereocenters. The van der Waals surface area contributed by atoms with Crippen LogP contribution in [0, 0.1) is 10.1 Å². The first-order valence-corrected chi connectivity index (χ1v) is 6.67. The van der Waals surface area contributed by atoms with E-state index in [1.165, 1.54) is 22.8 Å². The molecule has 0 aliphatic heterocycles. The zero-order chi connectivity index (χ0) is 15.7. The van der Waals surface area contributed by atoms with Gasteiger partial charge in [0.15, 0.2) is 11.4 Å². The monoisotopic (exact) mass is 304 g/mol. The second-order valence-electron chi connectivity index (χ2n) is 4.72. The second-order valence-corrected chi connectivity index (χ2v) is 4.72. The lowest BCUT2D eigenvalue weighted by Crippen LogP contribution is -2.15. The predicted molar refractivity (Wildman–Crippen MR) is 74.5 cm³/mol. The Bertz CT molecular complexity index is 891. The standard InChI is InChI=1S/C13H12N4O5/c1-2-3-11-14-12(22-15-11)7-16-9-6-8(17(19)20)4-5-10(9)21-13(16)18/h4-6H,2-3,7H2,1H3. The molecular formula is C13H12N4O5. The van der Waals surface area contributed by atoms with E-state index in [9.17, 15) is 14.9 Å². The molecule has 9 nitrogen and oxygen atoms in total. The topological polar surface area (TPSA) is 117 Å². The number of aromatic nitrogens is 3. The number of nitro groups is 1. The van der Waals surface area contributed by atoms with Crippen molar-refractivity contribution in [3.63, 3.8) is 0 Å². The molecule has 9 heteroatoms. The van der Waals surface area contributed by atoms with Crippen molar-refractivity contribution < 1.29 is 13.9 Å². The van der Waals surface area contributed by atoms with Gasteiger partial charge in [-0.15, -0.1) is 0 Å². The molecule has 2 aromatic heterocycles. The van der Waals surface area contributed by atoms with Crippen molar-refractivity contribution in [3.05, 3.63) is 50.6 Å². The number of oxazole rings is 1. The quantitative estimate of drug-likeness (QED) is 0.521. The first-order valence-electron chi connectivity index (χ1n) is 6.67. The molecule has 0 bridgehead atoms. The smallest absolute Gasteiger partial charge is 0.408 e. The third-order valence-corrected chi connectivity index (χ3v) is 3.14. The molecule has 114 valence electrons. The van der Waals surface area contributed by atoms with Crippen molar-refractivity contribution in [2.75, 3.05) is 0 Å². The first kappa shape index (κ1) is 14.0. The van der Waals surface area contributed by atoms with Crippen molar-refractivity contribution in [2.24, 2.45) is 0 Å². The molecule has 3 rings (SSSR count). The molecule has 0 saturated carbocycles. The maximum Gasteiger partial charge on any atom is 0.420 e. The molecule has 0 fully saturated rings. The van der Waals surface area contributed by atoms with Crippen LogP contribution in [0.2, 0.25) is 0 Å². The lowest BCUT2D eigenvalue weighted by Gasteiger charge is -1.97. The van der Waals surface area contributed by atoms with Gasteiger partial charge in [-0.2, -0.15) is 4.98 Å². The van der Waals surface area contributed by atoms with E-state index in [2.05, 4.69) is 10.1 Å². The van der Waals surface area contributed by atoms with Gasteiger partial charge < -0.3 is 8.94 Å². The third-order valence-electron chi connectivity index (χ3n) is 3.14. The molecule has 3 aromatic rings. The van der Waals surface area contributed by atoms with E-state index in [1.807, 2.05) is 6.92 Å². The number of aryl methyl sites for hydroxylation is 1. The second kappa shape index (κ2) is 5.43. The van der Waals surface area contributed by atoms with E-state index in [0.29, 0.717) is 17.8 Å². The van der Waals surface area contributed by atoms with E-state index in [-0.39, 0.29) is 23.7 Å². The van der Waals surface area contributed by atoms with Crippen LogP contribution in [0.4, 0.5) is 5.69 Å². The summed E-state index contributed by atoms with van der Waals surface area (Å²) < 4.78 is 11.4. The number of non-ortho nitro benzene ring substituents is 1. The van der Waals surface area contributed by atoms with Crippen LogP contribution < -0.4 is 5.76 Å². The van der Waals surface area contributed by atoms with Crippen LogP contribution in [0.25, 0.3) is 11.1 Å². The zero-order valence-corrected chi connectivity index (χ0v) is 11.7. The van der Waals surface area contributed by atoms with Crippen molar-refractivity contribution >= 4 is 16.8 Å². The van der Waals surface area contributed by atoms with E-state index >= 15 is 0 Å². The van der Waals surface area contributed by atoms with Crippen molar-refractivity contribution in [1.82, 2.24) is 14.7 Å². The third kappa shape index (κ3) is 2.48. The predicted octanol–water partition coefficient (Wildman–Crippen LogP) is 1.89. The molecule has 0 atom stereocenters. The number of rotatable bonds is 5. The number of fused-ring (bicyclic) bond motifs is 1. The van der Waals surface area contributed by atoms with Crippen LogP contribution >= 0.6 is 0 Å². The fourth-order valence-corrected chi connectivity index (χ4v) is 2.13. The zero-order valence-electron chi connectivity index (χ0n) is 11.7. The molecule has 0 radical (unpaired) electrons. The Hall–Kier alpha value is -2.97. The van der Waals surface area contributed by atoms with Crippen LogP contribution in [-0.2, 0) is 13.0 Å². The molecule has 22 heavy (non-hydrogen) atoms. The Labute approximate surface area is 123 Å². The molecule has 1 aromatic carbocycles. The molecule has 0 aliphatic carbocycles. The summed E-state index contributed by atoms with van der Waals surface area (Å²) in [6, 6.07) is 3.95. The summed E-state index contributed by atoms with van der Waals surface area (Å²) >= 11 is 0. The molecule has 0 saturated heterocycles. The number of benzene rings is 1. The van der Waals surface area contributed by atoms with E-state index in [0.717, 1.165) is 6.42 Å². The molecule has 0 N–H and O–H groups in total. The first-order chi connectivity index (χ1) is 10.6. The lowest BCUT2D eigenvalue weighted by atomic mass is 10.3. The van der Waals surface area contributed by atoms with Gasteiger partial charge in [0.25, 0.3) is 5.69 Å². The van der Waals surface area contributed by atoms with Crippen LogP contribution in [0.5, 0.6) is 0 Å². The van der Waals surface area contributed by atoms with Crippen molar-refractivity contribution in [2.45, 2.75) is 26.3 Å². The summed E-state index contributed by atoms with van der Waals surface area (Å²) in [6.45, 7) is 1.99. The van der Waals surface area contributed by atoms with Gasteiger partial charge in [0.05, 0.1) is 10.4 Å². The summed E-state index contributed by atoms with van der Waals surface area (Å²) in [5.74, 6) is 0.176. The van der Waals surface area contributed by atoms with Gasteiger partial charge in [-0.3, -0.25) is 14.7 Å². The average Bonchev–Trinajstić information content (AvgIpc) is 3.04.